The monoisotopic (exact) mass is 255 g/mol. The maximum Gasteiger partial charge on any atom is 0.334 e. The fraction of sp³-hybridized carbons (Fsp3) is 0.929. The summed E-state index contributed by atoms with van der Waals surface area (Å²) in [5.74, 6) is 0.573. The minimum absolute atomic E-state index is 0.554. The summed E-state index contributed by atoms with van der Waals surface area (Å²) in [6.07, 6.45) is 4.48. The summed E-state index contributed by atoms with van der Waals surface area (Å²) in [7, 11) is 0. The zero-order valence-electron chi connectivity index (χ0n) is 11.5. The van der Waals surface area contributed by atoms with Gasteiger partial charge in [-0.05, 0) is 24.7 Å². The highest BCUT2D eigenvalue weighted by Gasteiger charge is 2.36. The molecule has 0 radical (unpaired) electrons. The normalized spacial score (nSPS) is 34.7. The van der Waals surface area contributed by atoms with Crippen molar-refractivity contribution in [1.82, 2.24) is 4.90 Å². The van der Waals surface area contributed by atoms with Crippen molar-refractivity contribution in [3.63, 3.8) is 0 Å². The average Bonchev–Trinajstić information content (AvgIpc) is 2.39. The Bertz CT molecular complexity index is 293. The zero-order chi connectivity index (χ0) is 13.1. The topological polar surface area (TPSA) is 49.8 Å². The van der Waals surface area contributed by atoms with Crippen LogP contribution in [0.1, 0.15) is 39.5 Å². The van der Waals surface area contributed by atoms with Crippen LogP contribution in [0.25, 0.3) is 0 Å². The molecule has 1 aliphatic heterocycles. The molecule has 1 heterocycles. The molecule has 0 amide bonds. The Kier molecular flexibility index (Phi) is 4.62. The van der Waals surface area contributed by atoms with E-state index in [-0.39, 0.29) is 0 Å². The van der Waals surface area contributed by atoms with E-state index in [1.165, 1.54) is 25.7 Å². The molecule has 2 aliphatic rings. The number of rotatable bonds is 3. The van der Waals surface area contributed by atoms with Gasteiger partial charge in [0.1, 0.15) is 0 Å². The summed E-state index contributed by atoms with van der Waals surface area (Å²) < 4.78 is 5.31. The minimum Gasteiger partial charge on any atom is -0.479 e. The lowest BCUT2D eigenvalue weighted by atomic mass is 9.77. The van der Waals surface area contributed by atoms with E-state index in [0.717, 1.165) is 6.54 Å². The molecule has 3 atom stereocenters. The Hall–Kier alpha value is -0.610. The van der Waals surface area contributed by atoms with Crippen LogP contribution in [0.2, 0.25) is 0 Å². The van der Waals surface area contributed by atoms with Gasteiger partial charge in [0.15, 0.2) is 6.10 Å². The molecular weight excluding hydrogens is 230 g/mol. The molecule has 0 spiro atoms. The van der Waals surface area contributed by atoms with E-state index in [4.69, 9.17) is 9.84 Å². The molecule has 2 rings (SSSR count). The Morgan fingerprint density at radius 3 is 2.72 bits per heavy atom. The predicted molar refractivity (Wildman–Crippen MR) is 69.5 cm³/mol. The van der Waals surface area contributed by atoms with Crippen LogP contribution in [0, 0.1) is 11.8 Å². The second kappa shape index (κ2) is 6.02. The fourth-order valence-electron chi connectivity index (χ4n) is 3.49. The van der Waals surface area contributed by atoms with E-state index in [1.807, 2.05) is 0 Å². The van der Waals surface area contributed by atoms with Crippen molar-refractivity contribution >= 4 is 5.97 Å². The molecule has 0 aromatic heterocycles. The van der Waals surface area contributed by atoms with Crippen molar-refractivity contribution in [3.05, 3.63) is 0 Å². The van der Waals surface area contributed by atoms with Crippen molar-refractivity contribution in [2.45, 2.75) is 51.7 Å². The van der Waals surface area contributed by atoms with Gasteiger partial charge in [-0.25, -0.2) is 4.79 Å². The van der Waals surface area contributed by atoms with E-state index in [0.29, 0.717) is 31.0 Å². The molecule has 0 aromatic carbocycles. The molecule has 0 bridgehead atoms. The Labute approximate surface area is 109 Å². The van der Waals surface area contributed by atoms with Crippen LogP contribution in [0.5, 0.6) is 0 Å². The number of ether oxygens (including phenoxy) is 1. The van der Waals surface area contributed by atoms with Gasteiger partial charge in [-0.15, -0.1) is 0 Å². The number of carboxylic acid groups (broad SMARTS) is 1. The lowest BCUT2D eigenvalue weighted by Crippen LogP contribution is -2.53. The smallest absolute Gasteiger partial charge is 0.334 e. The maximum absolute atomic E-state index is 11.0. The lowest BCUT2D eigenvalue weighted by molar-refractivity contribution is -0.158. The highest BCUT2D eigenvalue weighted by Crippen LogP contribution is 2.34. The summed E-state index contributed by atoms with van der Waals surface area (Å²) >= 11 is 0. The highest BCUT2D eigenvalue weighted by molar-refractivity contribution is 5.72. The third-order valence-corrected chi connectivity index (χ3v) is 4.48. The Morgan fingerprint density at radius 2 is 2.06 bits per heavy atom. The zero-order valence-corrected chi connectivity index (χ0v) is 11.5. The lowest BCUT2D eigenvalue weighted by Gasteiger charge is -2.44. The van der Waals surface area contributed by atoms with Crippen LogP contribution in [-0.2, 0) is 9.53 Å². The van der Waals surface area contributed by atoms with Gasteiger partial charge in [0.05, 0.1) is 6.61 Å². The molecule has 1 aliphatic carbocycles. The molecule has 0 aromatic rings. The first kappa shape index (κ1) is 13.8. The van der Waals surface area contributed by atoms with E-state index in [2.05, 4.69) is 18.7 Å². The largest absolute Gasteiger partial charge is 0.479 e. The maximum atomic E-state index is 11.0. The number of carboxylic acids is 1. The first-order chi connectivity index (χ1) is 8.59. The molecule has 4 heteroatoms. The van der Waals surface area contributed by atoms with Gasteiger partial charge in [-0.1, -0.05) is 26.7 Å². The third-order valence-electron chi connectivity index (χ3n) is 4.48. The van der Waals surface area contributed by atoms with E-state index in [9.17, 15) is 4.79 Å². The number of nitrogens with zero attached hydrogens (tertiary/aromatic N) is 1. The molecule has 104 valence electrons. The molecule has 4 nitrogen and oxygen atoms in total. The molecule has 1 N–H and O–H groups in total. The second-order valence-corrected chi connectivity index (χ2v) is 5.95. The van der Waals surface area contributed by atoms with E-state index < -0.39 is 12.1 Å². The van der Waals surface area contributed by atoms with Crippen LogP contribution in [0.15, 0.2) is 0 Å². The third kappa shape index (κ3) is 3.04. The van der Waals surface area contributed by atoms with Crippen molar-refractivity contribution < 1.29 is 14.6 Å². The summed E-state index contributed by atoms with van der Waals surface area (Å²) in [6.45, 7) is 6.58. The van der Waals surface area contributed by atoms with Crippen molar-refractivity contribution in [2.24, 2.45) is 11.8 Å². The van der Waals surface area contributed by atoms with Gasteiger partial charge < -0.3 is 9.84 Å². The summed E-state index contributed by atoms with van der Waals surface area (Å²) in [5, 5.41) is 9.08. The number of carbonyl (C=O) groups is 1. The standard InChI is InChI=1S/C14H25NO3/c1-10(2)11-5-3-4-6-12(11)15-7-8-18-13(9-15)14(16)17/h10-13H,3-9H2,1-2H3,(H,16,17). The van der Waals surface area contributed by atoms with Crippen LogP contribution >= 0.6 is 0 Å². The van der Waals surface area contributed by atoms with E-state index >= 15 is 0 Å². The van der Waals surface area contributed by atoms with Crippen LogP contribution in [-0.4, -0.2) is 47.8 Å². The predicted octanol–water partition coefficient (Wildman–Crippen LogP) is 1.99. The van der Waals surface area contributed by atoms with Crippen molar-refractivity contribution in [1.29, 1.82) is 0 Å². The number of morpholine rings is 1. The summed E-state index contributed by atoms with van der Waals surface area (Å²) in [6, 6.07) is 0.560. The minimum atomic E-state index is -0.823. The van der Waals surface area contributed by atoms with Crippen LogP contribution in [0.4, 0.5) is 0 Å². The van der Waals surface area contributed by atoms with Gasteiger partial charge in [0, 0.05) is 19.1 Å². The molecule has 1 saturated carbocycles. The van der Waals surface area contributed by atoms with Gasteiger partial charge in [0.25, 0.3) is 0 Å². The molecule has 2 fully saturated rings. The quantitative estimate of drug-likeness (QED) is 0.838. The summed E-state index contributed by atoms with van der Waals surface area (Å²) in [5.41, 5.74) is 0. The Morgan fingerprint density at radius 1 is 1.33 bits per heavy atom. The van der Waals surface area contributed by atoms with Gasteiger partial charge in [0.2, 0.25) is 0 Å². The van der Waals surface area contributed by atoms with Gasteiger partial charge in [-0.3, -0.25) is 4.90 Å². The molecular formula is C14H25NO3. The van der Waals surface area contributed by atoms with Crippen LogP contribution < -0.4 is 0 Å². The van der Waals surface area contributed by atoms with Crippen molar-refractivity contribution in [3.8, 4) is 0 Å². The van der Waals surface area contributed by atoms with Crippen molar-refractivity contribution in [2.75, 3.05) is 19.7 Å². The SMILES string of the molecule is CC(C)C1CCCCC1N1CCOC(C(=O)O)C1. The van der Waals surface area contributed by atoms with Gasteiger partial charge in [-0.2, -0.15) is 0 Å². The average molecular weight is 255 g/mol. The van der Waals surface area contributed by atoms with Gasteiger partial charge >= 0.3 is 5.97 Å². The Balaban J connectivity index is 2.01. The first-order valence-corrected chi connectivity index (χ1v) is 7.18. The number of hydrogen-bond acceptors (Lipinski definition) is 3. The number of hydrogen-bond donors (Lipinski definition) is 1. The first-order valence-electron chi connectivity index (χ1n) is 7.18. The highest BCUT2D eigenvalue weighted by atomic mass is 16.5. The van der Waals surface area contributed by atoms with Crippen LogP contribution in [0.3, 0.4) is 0 Å². The second-order valence-electron chi connectivity index (χ2n) is 5.95. The number of aliphatic carboxylic acids is 1. The molecule has 1 saturated heterocycles. The molecule has 3 unspecified atom stereocenters. The molecule has 18 heavy (non-hydrogen) atoms. The fourth-order valence-corrected chi connectivity index (χ4v) is 3.49. The van der Waals surface area contributed by atoms with E-state index in [1.54, 1.807) is 0 Å². The summed E-state index contributed by atoms with van der Waals surface area (Å²) in [4.78, 5) is 13.4.